The van der Waals surface area contributed by atoms with Crippen molar-refractivity contribution in [1.29, 1.82) is 0 Å². The van der Waals surface area contributed by atoms with Crippen LogP contribution in [0.3, 0.4) is 0 Å². The summed E-state index contributed by atoms with van der Waals surface area (Å²) in [5.41, 5.74) is 4.35. The van der Waals surface area contributed by atoms with Gasteiger partial charge in [0.1, 0.15) is 12.3 Å². The van der Waals surface area contributed by atoms with Gasteiger partial charge in [-0.05, 0) is 61.4 Å². The first-order valence-corrected chi connectivity index (χ1v) is 7.78. The number of hydrogen-bond donors (Lipinski definition) is 2. The molecule has 1 atom stereocenters. The van der Waals surface area contributed by atoms with Crippen molar-refractivity contribution in [2.75, 3.05) is 26.0 Å². The SMILES string of the molecule is COc1ccc(C[NH+](C)CC(=O)Nc2cc(C)cc(C)c2)cc1. The highest BCUT2D eigenvalue weighted by molar-refractivity contribution is 5.91. The van der Waals surface area contributed by atoms with Gasteiger partial charge in [0.05, 0.1) is 14.2 Å². The van der Waals surface area contributed by atoms with Gasteiger partial charge in [-0.1, -0.05) is 6.07 Å². The van der Waals surface area contributed by atoms with Gasteiger partial charge < -0.3 is 15.0 Å². The monoisotopic (exact) mass is 313 g/mol. The molecule has 0 saturated carbocycles. The predicted molar refractivity (Wildman–Crippen MR) is 93.0 cm³/mol. The van der Waals surface area contributed by atoms with Gasteiger partial charge in [0.2, 0.25) is 0 Å². The number of methoxy groups -OCH3 is 1. The summed E-state index contributed by atoms with van der Waals surface area (Å²) in [5.74, 6) is 0.875. The van der Waals surface area contributed by atoms with Crippen LogP contribution in [-0.2, 0) is 11.3 Å². The lowest BCUT2D eigenvalue weighted by Gasteiger charge is -2.14. The molecule has 0 aliphatic rings. The fourth-order valence-corrected chi connectivity index (χ4v) is 2.68. The van der Waals surface area contributed by atoms with E-state index in [1.807, 2.05) is 57.3 Å². The zero-order chi connectivity index (χ0) is 16.8. The van der Waals surface area contributed by atoms with Crippen LogP contribution in [0.5, 0.6) is 5.75 Å². The Kier molecular flexibility index (Phi) is 5.77. The second-order valence-electron chi connectivity index (χ2n) is 6.08. The number of rotatable bonds is 6. The molecule has 4 nitrogen and oxygen atoms in total. The number of ether oxygens (including phenoxy) is 1. The average Bonchev–Trinajstić information content (AvgIpc) is 2.46. The highest BCUT2D eigenvalue weighted by Gasteiger charge is 2.11. The zero-order valence-electron chi connectivity index (χ0n) is 14.3. The fourth-order valence-electron chi connectivity index (χ4n) is 2.68. The normalized spacial score (nSPS) is 11.8. The Morgan fingerprint density at radius 2 is 1.70 bits per heavy atom. The van der Waals surface area contributed by atoms with Crippen LogP contribution < -0.4 is 15.0 Å². The summed E-state index contributed by atoms with van der Waals surface area (Å²) in [7, 11) is 3.68. The average molecular weight is 313 g/mol. The molecule has 0 aliphatic carbocycles. The Morgan fingerprint density at radius 3 is 2.26 bits per heavy atom. The van der Waals surface area contributed by atoms with Gasteiger partial charge in [0.15, 0.2) is 6.54 Å². The van der Waals surface area contributed by atoms with Crippen molar-refractivity contribution in [2.24, 2.45) is 0 Å². The van der Waals surface area contributed by atoms with Crippen molar-refractivity contribution in [3.8, 4) is 5.75 Å². The van der Waals surface area contributed by atoms with E-state index in [0.717, 1.165) is 34.0 Å². The molecule has 0 saturated heterocycles. The van der Waals surface area contributed by atoms with Crippen LogP contribution in [0.1, 0.15) is 16.7 Å². The van der Waals surface area contributed by atoms with E-state index in [0.29, 0.717) is 6.54 Å². The summed E-state index contributed by atoms with van der Waals surface area (Å²) >= 11 is 0. The fraction of sp³-hybridized carbons (Fsp3) is 0.316. The van der Waals surface area contributed by atoms with Crippen LogP contribution in [0.2, 0.25) is 0 Å². The van der Waals surface area contributed by atoms with E-state index in [4.69, 9.17) is 4.74 Å². The van der Waals surface area contributed by atoms with Crippen LogP contribution in [0.25, 0.3) is 0 Å². The van der Waals surface area contributed by atoms with Gasteiger partial charge in [-0.2, -0.15) is 0 Å². The van der Waals surface area contributed by atoms with E-state index in [1.165, 1.54) is 5.56 Å². The molecular weight excluding hydrogens is 288 g/mol. The van der Waals surface area contributed by atoms with E-state index in [1.54, 1.807) is 7.11 Å². The summed E-state index contributed by atoms with van der Waals surface area (Å²) in [6, 6.07) is 14.0. The summed E-state index contributed by atoms with van der Waals surface area (Å²) in [5, 5.41) is 2.98. The molecule has 0 spiro atoms. The number of quaternary nitrogens is 1. The second kappa shape index (κ2) is 7.79. The summed E-state index contributed by atoms with van der Waals surface area (Å²) < 4.78 is 5.15. The summed E-state index contributed by atoms with van der Waals surface area (Å²) in [6.45, 7) is 5.29. The highest BCUT2D eigenvalue weighted by Crippen LogP contribution is 2.13. The van der Waals surface area contributed by atoms with Crippen molar-refractivity contribution >= 4 is 11.6 Å². The molecule has 4 heteroatoms. The Labute approximate surface area is 138 Å². The number of nitrogens with one attached hydrogen (secondary N) is 2. The molecule has 23 heavy (non-hydrogen) atoms. The van der Waals surface area contributed by atoms with Gasteiger partial charge >= 0.3 is 0 Å². The lowest BCUT2D eigenvalue weighted by atomic mass is 10.1. The van der Waals surface area contributed by atoms with Crippen molar-refractivity contribution in [3.05, 3.63) is 59.2 Å². The molecule has 122 valence electrons. The van der Waals surface area contributed by atoms with Gasteiger partial charge in [-0.25, -0.2) is 0 Å². The van der Waals surface area contributed by atoms with Crippen molar-refractivity contribution < 1.29 is 14.4 Å². The van der Waals surface area contributed by atoms with E-state index in [2.05, 4.69) is 11.4 Å². The molecule has 0 bridgehead atoms. The molecule has 0 aliphatic heterocycles. The molecule has 1 amide bonds. The third-order valence-electron chi connectivity index (χ3n) is 3.63. The maximum absolute atomic E-state index is 12.2. The molecule has 0 aromatic heterocycles. The predicted octanol–water partition coefficient (Wildman–Crippen LogP) is 1.97. The Balaban J connectivity index is 1.88. The molecule has 2 N–H and O–H groups in total. The van der Waals surface area contributed by atoms with Gasteiger partial charge in [0.25, 0.3) is 5.91 Å². The number of anilines is 1. The Hall–Kier alpha value is -2.33. The third-order valence-corrected chi connectivity index (χ3v) is 3.63. The number of carbonyl (C=O) groups excluding carboxylic acids is 1. The van der Waals surface area contributed by atoms with E-state index in [9.17, 15) is 4.79 Å². The molecule has 0 radical (unpaired) electrons. The molecule has 2 aromatic rings. The van der Waals surface area contributed by atoms with Crippen molar-refractivity contribution in [3.63, 3.8) is 0 Å². The van der Waals surface area contributed by atoms with E-state index < -0.39 is 0 Å². The van der Waals surface area contributed by atoms with E-state index >= 15 is 0 Å². The van der Waals surface area contributed by atoms with Crippen molar-refractivity contribution in [1.82, 2.24) is 0 Å². The number of likely N-dealkylation sites (N-methyl/N-ethyl adjacent to an activating group) is 1. The maximum Gasteiger partial charge on any atom is 0.279 e. The van der Waals surface area contributed by atoms with E-state index in [-0.39, 0.29) is 5.91 Å². The molecule has 1 unspecified atom stereocenters. The minimum atomic E-state index is 0.0287. The Bertz CT molecular complexity index is 645. The quantitative estimate of drug-likeness (QED) is 0.856. The summed E-state index contributed by atoms with van der Waals surface area (Å²) in [6.07, 6.45) is 0. The van der Waals surface area contributed by atoms with Gasteiger partial charge in [-0.3, -0.25) is 4.79 Å². The van der Waals surface area contributed by atoms with Crippen LogP contribution >= 0.6 is 0 Å². The number of aryl methyl sites for hydroxylation is 2. The van der Waals surface area contributed by atoms with Crippen LogP contribution in [0.15, 0.2) is 42.5 Å². The van der Waals surface area contributed by atoms with Crippen LogP contribution in [0.4, 0.5) is 5.69 Å². The topological polar surface area (TPSA) is 42.8 Å². The minimum absolute atomic E-state index is 0.0287. The molecule has 0 fully saturated rings. The largest absolute Gasteiger partial charge is 0.497 e. The zero-order valence-corrected chi connectivity index (χ0v) is 14.3. The van der Waals surface area contributed by atoms with Gasteiger partial charge in [-0.15, -0.1) is 0 Å². The number of amides is 1. The first-order valence-electron chi connectivity index (χ1n) is 7.78. The number of hydrogen-bond acceptors (Lipinski definition) is 2. The van der Waals surface area contributed by atoms with Crippen molar-refractivity contribution in [2.45, 2.75) is 20.4 Å². The molecule has 2 rings (SSSR count). The minimum Gasteiger partial charge on any atom is -0.497 e. The lowest BCUT2D eigenvalue weighted by molar-refractivity contribution is -0.885. The van der Waals surface area contributed by atoms with Crippen LogP contribution in [-0.4, -0.2) is 26.6 Å². The Morgan fingerprint density at radius 1 is 1.09 bits per heavy atom. The maximum atomic E-state index is 12.2. The number of benzene rings is 2. The first kappa shape index (κ1) is 17.0. The second-order valence-corrected chi connectivity index (χ2v) is 6.08. The summed E-state index contributed by atoms with van der Waals surface area (Å²) in [4.78, 5) is 13.3. The van der Waals surface area contributed by atoms with Crippen LogP contribution in [0, 0.1) is 13.8 Å². The van der Waals surface area contributed by atoms with Gasteiger partial charge in [0, 0.05) is 11.3 Å². The highest BCUT2D eigenvalue weighted by atomic mass is 16.5. The molecular formula is C19H25N2O2+. The smallest absolute Gasteiger partial charge is 0.279 e. The lowest BCUT2D eigenvalue weighted by Crippen LogP contribution is -3.08. The first-order chi connectivity index (χ1) is 11.0. The third kappa shape index (κ3) is 5.42. The molecule has 0 heterocycles. The number of carbonyl (C=O) groups is 1. The molecule has 2 aromatic carbocycles. The standard InChI is InChI=1S/C19H24N2O2/c1-14-9-15(2)11-17(10-14)20-19(22)13-21(3)12-16-5-7-18(23-4)8-6-16/h5-11H,12-13H2,1-4H3,(H,20,22)/p+1.